The van der Waals surface area contributed by atoms with Crippen molar-refractivity contribution in [2.45, 2.75) is 14.8 Å². The summed E-state index contributed by atoms with van der Waals surface area (Å²) in [4.78, 5) is 10.3. The van der Waals surface area contributed by atoms with Crippen molar-refractivity contribution in [2.24, 2.45) is 0 Å². The molecule has 0 unspecified atom stereocenters. The predicted octanol–water partition coefficient (Wildman–Crippen LogP) is 4.02. The maximum atomic E-state index is 2.47. The van der Waals surface area contributed by atoms with Crippen LogP contribution in [0.15, 0.2) is 29.6 Å². The molecule has 0 aliphatic rings. The van der Waals surface area contributed by atoms with Crippen LogP contribution >= 0.6 is 22.7 Å². The molecular formula is C11H14S2Sn. The Morgan fingerprint density at radius 1 is 1.00 bits per heavy atom. The van der Waals surface area contributed by atoms with Crippen LogP contribution in [-0.4, -0.2) is 18.4 Å². The molecule has 0 radical (unpaired) electrons. The third-order valence-electron chi connectivity index (χ3n) is 2.11. The first-order valence-electron chi connectivity index (χ1n) is 4.71. The maximum absolute atomic E-state index is 2.47. The summed E-state index contributed by atoms with van der Waals surface area (Å²) in [5, 5.41) is 2.15. The molecule has 0 saturated heterocycles. The molecule has 0 amide bonds. The first-order valence-corrected chi connectivity index (χ1v) is 16.4. The summed E-state index contributed by atoms with van der Waals surface area (Å²) >= 11 is 2.03. The summed E-state index contributed by atoms with van der Waals surface area (Å²) in [5.74, 6) is 0. The Bertz CT molecular complexity index is 407. The molecule has 74 valence electrons. The average molecular weight is 329 g/mol. The molecule has 14 heavy (non-hydrogen) atoms. The second-order valence-corrected chi connectivity index (χ2v) is 21.8. The van der Waals surface area contributed by atoms with E-state index in [1.165, 1.54) is 9.75 Å². The van der Waals surface area contributed by atoms with E-state index in [4.69, 9.17) is 0 Å². The summed E-state index contributed by atoms with van der Waals surface area (Å²) in [6.07, 6.45) is 0. The van der Waals surface area contributed by atoms with Crippen molar-refractivity contribution in [1.82, 2.24) is 0 Å². The molecule has 0 saturated carbocycles. The standard InChI is InChI=1S/C8H5S2.3CH3.Sn/c1-3-7(9-5-1)8-4-2-6-10-8;;;;/h1-5H;3*1H3;. The fourth-order valence-corrected chi connectivity index (χ4v) is 8.42. The molecule has 2 aromatic heterocycles. The van der Waals surface area contributed by atoms with Crippen molar-refractivity contribution >= 4 is 43.9 Å². The molecule has 0 nitrogen and oxygen atoms in total. The normalized spacial score (nSPS) is 11.9. The Labute approximate surface area is 97.5 Å². The van der Waals surface area contributed by atoms with Gasteiger partial charge in [-0.25, -0.2) is 0 Å². The molecule has 2 rings (SSSR count). The van der Waals surface area contributed by atoms with E-state index in [1.807, 2.05) is 22.7 Å². The number of hydrogen-bond donors (Lipinski definition) is 0. The molecule has 0 atom stereocenters. The van der Waals surface area contributed by atoms with Gasteiger partial charge in [0.25, 0.3) is 0 Å². The zero-order valence-corrected chi connectivity index (χ0v) is 13.2. The molecule has 0 bridgehead atoms. The summed E-state index contributed by atoms with van der Waals surface area (Å²) in [6, 6.07) is 8.96. The van der Waals surface area contributed by atoms with E-state index in [9.17, 15) is 0 Å². The van der Waals surface area contributed by atoms with Gasteiger partial charge in [0.1, 0.15) is 0 Å². The van der Waals surface area contributed by atoms with Crippen molar-refractivity contribution in [3.63, 3.8) is 0 Å². The summed E-state index contributed by atoms with van der Waals surface area (Å²) < 4.78 is 1.67. The Hall–Kier alpha value is 0.199. The average Bonchev–Trinajstić information content (AvgIpc) is 2.73. The van der Waals surface area contributed by atoms with Crippen molar-refractivity contribution in [2.75, 3.05) is 0 Å². The molecule has 0 aliphatic heterocycles. The van der Waals surface area contributed by atoms with Crippen LogP contribution in [0.25, 0.3) is 9.75 Å². The van der Waals surface area contributed by atoms with Gasteiger partial charge in [-0.1, -0.05) is 0 Å². The zero-order chi connectivity index (χ0) is 10.2. The molecular weight excluding hydrogens is 315 g/mol. The van der Waals surface area contributed by atoms with E-state index >= 15 is 0 Å². The van der Waals surface area contributed by atoms with Crippen LogP contribution in [0, 0.1) is 0 Å². The second kappa shape index (κ2) is 3.99. The van der Waals surface area contributed by atoms with E-state index < -0.39 is 18.4 Å². The van der Waals surface area contributed by atoms with E-state index in [-0.39, 0.29) is 0 Å². The summed E-state index contributed by atoms with van der Waals surface area (Å²) in [5.41, 5.74) is 0. The van der Waals surface area contributed by atoms with Crippen molar-refractivity contribution in [3.05, 3.63) is 29.6 Å². The van der Waals surface area contributed by atoms with E-state index in [0.29, 0.717) is 0 Å². The third kappa shape index (κ3) is 2.23. The van der Waals surface area contributed by atoms with Crippen molar-refractivity contribution in [3.8, 4) is 9.75 Å². The molecule has 0 aromatic carbocycles. The van der Waals surface area contributed by atoms with Gasteiger partial charge in [-0.15, -0.1) is 0 Å². The van der Waals surface area contributed by atoms with Crippen LogP contribution in [0.3, 0.4) is 0 Å². The van der Waals surface area contributed by atoms with E-state index in [2.05, 4.69) is 44.5 Å². The van der Waals surface area contributed by atoms with Gasteiger partial charge in [0, 0.05) is 0 Å². The van der Waals surface area contributed by atoms with Gasteiger partial charge in [-0.2, -0.15) is 0 Å². The first kappa shape index (κ1) is 10.7. The third-order valence-corrected chi connectivity index (χ3v) is 13.8. The summed E-state index contributed by atoms with van der Waals surface area (Å²) in [6.45, 7) is 0. The van der Waals surface area contributed by atoms with Crippen LogP contribution in [-0.2, 0) is 0 Å². The van der Waals surface area contributed by atoms with Crippen LogP contribution in [0.4, 0.5) is 0 Å². The topological polar surface area (TPSA) is 0 Å². The van der Waals surface area contributed by atoms with Gasteiger partial charge in [-0.3, -0.25) is 0 Å². The first-order chi connectivity index (χ1) is 6.57. The van der Waals surface area contributed by atoms with Gasteiger partial charge in [0.05, 0.1) is 0 Å². The molecule has 2 heterocycles. The number of rotatable bonds is 2. The fraction of sp³-hybridized carbons (Fsp3) is 0.273. The Morgan fingerprint density at radius 3 is 2.29 bits per heavy atom. The molecule has 2 aromatic rings. The van der Waals surface area contributed by atoms with Gasteiger partial charge in [-0.05, 0) is 0 Å². The predicted molar refractivity (Wildman–Crippen MR) is 70.6 cm³/mol. The van der Waals surface area contributed by atoms with Crippen LogP contribution < -0.4 is 2.89 Å². The van der Waals surface area contributed by atoms with Crippen molar-refractivity contribution < 1.29 is 0 Å². The van der Waals surface area contributed by atoms with E-state index in [0.717, 1.165) is 0 Å². The Balaban J connectivity index is 2.36. The molecule has 0 aliphatic carbocycles. The van der Waals surface area contributed by atoms with Gasteiger partial charge < -0.3 is 0 Å². The Morgan fingerprint density at radius 2 is 1.79 bits per heavy atom. The minimum atomic E-state index is -1.81. The fourth-order valence-electron chi connectivity index (χ4n) is 1.29. The summed E-state index contributed by atoms with van der Waals surface area (Å²) in [7, 11) is 0. The van der Waals surface area contributed by atoms with Crippen LogP contribution in [0.1, 0.15) is 0 Å². The molecule has 3 heteroatoms. The van der Waals surface area contributed by atoms with Crippen molar-refractivity contribution in [1.29, 1.82) is 0 Å². The monoisotopic (exact) mass is 330 g/mol. The minimum absolute atomic E-state index is 1.41. The molecule has 0 spiro atoms. The zero-order valence-electron chi connectivity index (χ0n) is 8.70. The molecule has 0 fully saturated rings. The van der Waals surface area contributed by atoms with E-state index in [1.54, 1.807) is 2.89 Å². The van der Waals surface area contributed by atoms with Crippen LogP contribution in [0.5, 0.6) is 0 Å². The molecule has 0 N–H and O–H groups in total. The van der Waals surface area contributed by atoms with Gasteiger partial charge in [0.15, 0.2) is 0 Å². The number of hydrogen-bond acceptors (Lipinski definition) is 2. The second-order valence-electron chi connectivity index (χ2n) is 4.39. The van der Waals surface area contributed by atoms with Gasteiger partial charge >= 0.3 is 98.2 Å². The Kier molecular flexibility index (Phi) is 3.05. The SMILES string of the molecule is [CH3][Sn]([CH3])([CH3])[c]1ccc(-c2cccs2)s1. The van der Waals surface area contributed by atoms with Gasteiger partial charge in [0.2, 0.25) is 0 Å². The quantitative estimate of drug-likeness (QED) is 0.730. The number of thiophene rings is 2. The van der Waals surface area contributed by atoms with Crippen LogP contribution in [0.2, 0.25) is 14.8 Å².